The largest absolute Gasteiger partial charge is 0.273 e. The van der Waals surface area contributed by atoms with Crippen molar-refractivity contribution in [1.29, 1.82) is 0 Å². The van der Waals surface area contributed by atoms with Crippen LogP contribution >= 0.6 is 11.3 Å². The fraction of sp³-hybridized carbons (Fsp3) is 0.231. The molecule has 1 aromatic heterocycles. The second-order valence-electron chi connectivity index (χ2n) is 4.12. The first-order valence-corrected chi connectivity index (χ1v) is 7.85. The van der Waals surface area contributed by atoms with Gasteiger partial charge in [-0.3, -0.25) is 4.31 Å². The second-order valence-corrected chi connectivity index (χ2v) is 7.27. The Hall–Kier alpha value is -1.33. The summed E-state index contributed by atoms with van der Waals surface area (Å²) in [5.74, 6) is 0. The molecule has 0 bridgehead atoms. The molecule has 3 nitrogen and oxygen atoms in total. The van der Waals surface area contributed by atoms with Crippen LogP contribution in [-0.4, -0.2) is 15.5 Å². The van der Waals surface area contributed by atoms with E-state index in [-0.39, 0.29) is 0 Å². The van der Waals surface area contributed by atoms with Crippen molar-refractivity contribution in [3.8, 4) is 0 Å². The number of benzene rings is 1. The standard InChI is InChI=1S/C13H15NO2S2/c1-10-6-4-7-12(11(10)2)14(3)18(15,16)13-8-5-9-17-13/h4-9H,1-3H3. The number of rotatable bonds is 3. The number of aryl methyl sites for hydroxylation is 1. The van der Waals surface area contributed by atoms with Crippen LogP contribution in [0.5, 0.6) is 0 Å². The lowest BCUT2D eigenvalue weighted by molar-refractivity contribution is 0.596. The third kappa shape index (κ3) is 2.15. The van der Waals surface area contributed by atoms with E-state index in [0.717, 1.165) is 16.8 Å². The number of hydrogen-bond acceptors (Lipinski definition) is 3. The third-order valence-electron chi connectivity index (χ3n) is 3.03. The van der Waals surface area contributed by atoms with Gasteiger partial charge in [0.2, 0.25) is 0 Å². The maximum atomic E-state index is 12.4. The maximum absolute atomic E-state index is 12.4. The summed E-state index contributed by atoms with van der Waals surface area (Å²) in [6.07, 6.45) is 0. The summed E-state index contributed by atoms with van der Waals surface area (Å²) in [4.78, 5) is 0. The van der Waals surface area contributed by atoms with Crippen molar-refractivity contribution in [2.45, 2.75) is 18.1 Å². The van der Waals surface area contributed by atoms with Crippen LogP contribution in [-0.2, 0) is 10.0 Å². The molecule has 0 saturated heterocycles. The Morgan fingerprint density at radius 3 is 2.44 bits per heavy atom. The Kier molecular flexibility index (Phi) is 3.45. The topological polar surface area (TPSA) is 37.4 Å². The van der Waals surface area contributed by atoms with Crippen LogP contribution in [0.25, 0.3) is 0 Å². The van der Waals surface area contributed by atoms with Gasteiger partial charge in [-0.2, -0.15) is 0 Å². The number of sulfonamides is 1. The quantitative estimate of drug-likeness (QED) is 0.866. The second kappa shape index (κ2) is 4.74. The molecular weight excluding hydrogens is 266 g/mol. The van der Waals surface area contributed by atoms with E-state index < -0.39 is 10.0 Å². The van der Waals surface area contributed by atoms with Gasteiger partial charge in [0.05, 0.1) is 5.69 Å². The highest BCUT2D eigenvalue weighted by Crippen LogP contribution is 2.28. The van der Waals surface area contributed by atoms with Gasteiger partial charge in [-0.05, 0) is 42.5 Å². The van der Waals surface area contributed by atoms with Crippen molar-refractivity contribution in [1.82, 2.24) is 0 Å². The van der Waals surface area contributed by atoms with Crippen LogP contribution in [0.3, 0.4) is 0 Å². The Bertz CT molecular complexity index is 646. The molecule has 0 aliphatic carbocycles. The van der Waals surface area contributed by atoms with Crippen LogP contribution < -0.4 is 4.31 Å². The van der Waals surface area contributed by atoms with Crippen LogP contribution in [0.15, 0.2) is 39.9 Å². The highest BCUT2D eigenvalue weighted by Gasteiger charge is 2.23. The number of anilines is 1. The SMILES string of the molecule is Cc1cccc(N(C)S(=O)(=O)c2cccs2)c1C. The lowest BCUT2D eigenvalue weighted by Gasteiger charge is -2.21. The molecule has 0 spiro atoms. The summed E-state index contributed by atoms with van der Waals surface area (Å²) >= 11 is 1.23. The van der Waals surface area contributed by atoms with Gasteiger partial charge < -0.3 is 0 Å². The summed E-state index contributed by atoms with van der Waals surface area (Å²) in [6, 6.07) is 9.05. The monoisotopic (exact) mass is 281 g/mol. The number of thiophene rings is 1. The van der Waals surface area contributed by atoms with Gasteiger partial charge in [-0.1, -0.05) is 18.2 Å². The molecule has 0 radical (unpaired) electrons. The highest BCUT2D eigenvalue weighted by molar-refractivity contribution is 7.94. The van der Waals surface area contributed by atoms with Crippen LogP contribution in [0.4, 0.5) is 5.69 Å². The van der Waals surface area contributed by atoms with Crippen molar-refractivity contribution in [2.24, 2.45) is 0 Å². The minimum Gasteiger partial charge on any atom is -0.268 e. The first-order valence-electron chi connectivity index (χ1n) is 5.53. The molecular formula is C13H15NO2S2. The van der Waals surface area contributed by atoms with E-state index in [9.17, 15) is 8.42 Å². The molecule has 1 heterocycles. The van der Waals surface area contributed by atoms with Gasteiger partial charge in [0.15, 0.2) is 0 Å². The Morgan fingerprint density at radius 2 is 1.83 bits per heavy atom. The van der Waals surface area contributed by atoms with E-state index in [0.29, 0.717) is 4.21 Å². The number of hydrogen-bond donors (Lipinski definition) is 0. The van der Waals surface area contributed by atoms with Crippen molar-refractivity contribution >= 4 is 27.0 Å². The maximum Gasteiger partial charge on any atom is 0.273 e. The van der Waals surface area contributed by atoms with Crippen LogP contribution in [0.2, 0.25) is 0 Å². The number of nitrogens with zero attached hydrogens (tertiary/aromatic N) is 1. The van der Waals surface area contributed by atoms with E-state index in [1.807, 2.05) is 32.0 Å². The predicted octanol–water partition coefficient (Wildman–Crippen LogP) is 3.19. The molecule has 2 rings (SSSR count). The van der Waals surface area contributed by atoms with Gasteiger partial charge in [0.1, 0.15) is 4.21 Å². The van der Waals surface area contributed by atoms with Gasteiger partial charge in [-0.15, -0.1) is 11.3 Å². The van der Waals surface area contributed by atoms with E-state index in [1.54, 1.807) is 24.6 Å². The molecule has 5 heteroatoms. The molecule has 0 N–H and O–H groups in total. The average Bonchev–Trinajstić information content (AvgIpc) is 2.86. The minimum absolute atomic E-state index is 0.367. The van der Waals surface area contributed by atoms with E-state index in [1.165, 1.54) is 15.6 Å². The first-order chi connectivity index (χ1) is 8.44. The molecule has 2 aromatic rings. The lowest BCUT2D eigenvalue weighted by atomic mass is 10.1. The van der Waals surface area contributed by atoms with Gasteiger partial charge in [0, 0.05) is 7.05 Å². The zero-order valence-electron chi connectivity index (χ0n) is 10.5. The highest BCUT2D eigenvalue weighted by atomic mass is 32.2. The van der Waals surface area contributed by atoms with E-state index in [2.05, 4.69) is 0 Å². The van der Waals surface area contributed by atoms with Crippen molar-refractivity contribution in [3.63, 3.8) is 0 Å². The molecule has 0 fully saturated rings. The van der Waals surface area contributed by atoms with Crippen molar-refractivity contribution in [2.75, 3.05) is 11.4 Å². The first kappa shape index (κ1) is 13.1. The smallest absolute Gasteiger partial charge is 0.268 e. The van der Waals surface area contributed by atoms with Crippen LogP contribution in [0.1, 0.15) is 11.1 Å². The van der Waals surface area contributed by atoms with Crippen molar-refractivity contribution in [3.05, 3.63) is 46.8 Å². The fourth-order valence-electron chi connectivity index (χ4n) is 1.75. The summed E-state index contributed by atoms with van der Waals surface area (Å²) in [6.45, 7) is 3.91. The predicted molar refractivity (Wildman–Crippen MR) is 75.8 cm³/mol. The zero-order chi connectivity index (χ0) is 13.3. The lowest BCUT2D eigenvalue weighted by Crippen LogP contribution is -2.26. The molecule has 0 unspecified atom stereocenters. The molecule has 0 aliphatic rings. The molecule has 18 heavy (non-hydrogen) atoms. The van der Waals surface area contributed by atoms with Crippen LogP contribution in [0, 0.1) is 13.8 Å². The molecule has 0 amide bonds. The zero-order valence-corrected chi connectivity index (χ0v) is 12.2. The van der Waals surface area contributed by atoms with E-state index >= 15 is 0 Å². The van der Waals surface area contributed by atoms with Gasteiger partial charge in [0.25, 0.3) is 10.0 Å². The van der Waals surface area contributed by atoms with Crippen molar-refractivity contribution < 1.29 is 8.42 Å². The Labute approximate surface area is 112 Å². The van der Waals surface area contributed by atoms with Gasteiger partial charge in [-0.25, -0.2) is 8.42 Å². The summed E-state index contributed by atoms with van der Waals surface area (Å²) in [7, 11) is -1.84. The molecule has 0 saturated carbocycles. The summed E-state index contributed by atoms with van der Waals surface area (Å²) < 4.78 is 26.5. The molecule has 1 aromatic carbocycles. The molecule has 96 valence electrons. The third-order valence-corrected chi connectivity index (χ3v) is 6.17. The average molecular weight is 281 g/mol. The fourth-order valence-corrected chi connectivity index (χ4v) is 4.17. The summed E-state index contributed by atoms with van der Waals surface area (Å²) in [5.41, 5.74) is 2.80. The Morgan fingerprint density at radius 1 is 1.11 bits per heavy atom. The van der Waals surface area contributed by atoms with E-state index in [4.69, 9.17) is 0 Å². The minimum atomic E-state index is -3.44. The normalized spacial score (nSPS) is 11.5. The Balaban J connectivity index is 2.50. The summed E-state index contributed by atoms with van der Waals surface area (Å²) in [5, 5.41) is 1.77. The molecule has 0 atom stereocenters. The van der Waals surface area contributed by atoms with Gasteiger partial charge >= 0.3 is 0 Å². The molecule has 0 aliphatic heterocycles.